The fourth-order valence-corrected chi connectivity index (χ4v) is 5.27. The molecule has 0 aromatic heterocycles. The molecule has 2 aliphatic rings. The topological polar surface area (TPSA) is 143 Å². The van der Waals surface area contributed by atoms with E-state index in [1.54, 1.807) is 39.4 Å². The molecule has 0 spiro atoms. The van der Waals surface area contributed by atoms with Gasteiger partial charge >= 0.3 is 6.09 Å². The summed E-state index contributed by atoms with van der Waals surface area (Å²) in [6, 6.07) is 0. The van der Waals surface area contributed by atoms with Gasteiger partial charge in [-0.05, 0) is 37.8 Å². The van der Waals surface area contributed by atoms with Gasteiger partial charge in [0.05, 0.1) is 24.0 Å². The Morgan fingerprint density at radius 2 is 1.62 bits per heavy atom. The molecule has 0 unspecified atom stereocenters. The van der Waals surface area contributed by atoms with Crippen LogP contribution in [0.5, 0.6) is 0 Å². The van der Waals surface area contributed by atoms with Crippen LogP contribution in [0.2, 0.25) is 0 Å². The van der Waals surface area contributed by atoms with Gasteiger partial charge in [0.1, 0.15) is 6.10 Å². The van der Waals surface area contributed by atoms with Gasteiger partial charge in [0.25, 0.3) is 5.91 Å². The van der Waals surface area contributed by atoms with Crippen LogP contribution >= 0.6 is 0 Å². The zero-order valence-corrected chi connectivity index (χ0v) is 24.6. The number of primary amides is 1. The summed E-state index contributed by atoms with van der Waals surface area (Å²) in [4.78, 5) is 50.5. The van der Waals surface area contributed by atoms with E-state index in [-0.39, 0.29) is 29.0 Å². The van der Waals surface area contributed by atoms with Gasteiger partial charge < -0.3 is 30.0 Å². The van der Waals surface area contributed by atoms with Gasteiger partial charge in [-0.2, -0.15) is 0 Å². The number of nitrogens with one attached hydrogen (secondary N) is 1. The minimum atomic E-state index is -0.902. The number of allylic oxidation sites excluding steroid dienone is 5. The van der Waals surface area contributed by atoms with Gasteiger partial charge in [0.2, 0.25) is 5.78 Å². The lowest BCUT2D eigenvalue weighted by Crippen LogP contribution is -2.40. The lowest BCUT2D eigenvalue weighted by molar-refractivity contribution is -0.120. The Labute approximate surface area is 236 Å². The molecule has 0 radical (unpaired) electrons. The molecule has 2 amide bonds. The Morgan fingerprint density at radius 1 is 0.950 bits per heavy atom. The smallest absolute Gasteiger partial charge is 0.405 e. The van der Waals surface area contributed by atoms with Crippen LogP contribution in [0.25, 0.3) is 0 Å². The summed E-state index contributed by atoms with van der Waals surface area (Å²) >= 11 is 0. The summed E-state index contributed by atoms with van der Waals surface area (Å²) in [7, 11) is 4.64. The Bertz CT molecular complexity index is 1130. The normalized spacial score (nSPS) is 34.4. The monoisotopic (exact) mass is 558 g/mol. The van der Waals surface area contributed by atoms with Crippen LogP contribution in [0.3, 0.4) is 0 Å². The maximum Gasteiger partial charge on any atom is 0.405 e. The van der Waals surface area contributed by atoms with Crippen LogP contribution in [0.1, 0.15) is 41.0 Å². The molecular weight excluding hydrogens is 516 g/mol. The van der Waals surface area contributed by atoms with E-state index in [0.29, 0.717) is 12.0 Å². The van der Waals surface area contributed by atoms with Crippen molar-refractivity contribution >= 4 is 23.6 Å². The molecule has 1 aliphatic carbocycles. The Morgan fingerprint density at radius 3 is 2.20 bits per heavy atom. The Hall–Kier alpha value is -3.34. The minimum absolute atomic E-state index is 0.119. The van der Waals surface area contributed by atoms with E-state index in [1.807, 2.05) is 33.8 Å². The molecular formula is C30H42N2O8. The van der Waals surface area contributed by atoms with Crippen molar-refractivity contribution in [2.75, 3.05) is 21.3 Å². The third kappa shape index (κ3) is 8.33. The molecule has 3 N–H and O–H groups in total. The predicted octanol–water partition coefficient (Wildman–Crippen LogP) is 3.33. The van der Waals surface area contributed by atoms with Gasteiger partial charge in [-0.25, -0.2) is 4.79 Å². The quantitative estimate of drug-likeness (QED) is 0.395. The van der Waals surface area contributed by atoms with Crippen molar-refractivity contribution in [3.8, 4) is 0 Å². The summed E-state index contributed by atoms with van der Waals surface area (Å²) in [5.41, 5.74) is 6.49. The van der Waals surface area contributed by atoms with Gasteiger partial charge in [-0.15, -0.1) is 0 Å². The molecule has 0 aromatic rings. The fourth-order valence-electron chi connectivity index (χ4n) is 5.27. The van der Waals surface area contributed by atoms with Crippen LogP contribution in [-0.2, 0) is 33.3 Å². The fraction of sp³-hybridized carbons (Fsp3) is 0.533. The van der Waals surface area contributed by atoms with Gasteiger partial charge in [0.15, 0.2) is 5.78 Å². The summed E-state index contributed by atoms with van der Waals surface area (Å²) in [6.07, 6.45) is 6.65. The molecule has 0 aromatic carbocycles. The average Bonchev–Trinajstić information content (AvgIpc) is 2.88. The lowest BCUT2D eigenvalue weighted by atomic mass is 9.83. The second-order valence-electron chi connectivity index (χ2n) is 10.4. The summed E-state index contributed by atoms with van der Waals surface area (Å²) < 4.78 is 22.9. The van der Waals surface area contributed by atoms with Crippen LogP contribution in [0.4, 0.5) is 4.79 Å². The molecule has 7 atom stereocenters. The first-order chi connectivity index (χ1) is 18.8. The number of methoxy groups -OCH3 is 3. The van der Waals surface area contributed by atoms with Crippen molar-refractivity contribution in [3.63, 3.8) is 0 Å². The molecule has 2 bridgehead atoms. The number of carbonyl (C=O) groups excluding carboxylic acids is 4. The zero-order valence-electron chi connectivity index (χ0n) is 24.6. The molecule has 1 heterocycles. The minimum Gasteiger partial charge on any atom is -0.441 e. The third-order valence-electron chi connectivity index (χ3n) is 7.29. The van der Waals surface area contributed by atoms with Gasteiger partial charge in [-0.3, -0.25) is 14.4 Å². The van der Waals surface area contributed by atoms with Crippen molar-refractivity contribution in [2.45, 2.75) is 65.5 Å². The SMILES string of the molecule is CO[C@H]1[C@@H](OC)C[C@H](C)[C@@H](OC)C2=CC(=O)C=C(NC(=O)/C(C)=C\C=C/[C@H](C)[C@@H](OC(N)=O)/C(C)=C\[C@@H]1C)C2=O. The highest BCUT2D eigenvalue weighted by Crippen LogP contribution is 2.30. The standard InChI is InChI=1S/C30H42N2O8/c1-16-10-9-11-17(2)29(35)32-23-15-21(33)14-22(25(23)34)27(38-7)20(5)13-24(37-6)28(39-8)19(4)12-18(3)26(16)40-30(31)36/h9-12,14-16,19-20,24,26-28H,13H2,1-8H3,(H2,31,36)(H,32,35)/b10-9-,17-11-,18-12-/t16-,19-,20-,24-,26+,27+,28+/m0/s1. The molecule has 0 fully saturated rings. The van der Waals surface area contributed by atoms with Crippen LogP contribution in [0.15, 0.2) is 58.9 Å². The number of Topliss-reactive ketones (excluding diaryl/α,β-unsaturated/α-hetero) is 1. The summed E-state index contributed by atoms with van der Waals surface area (Å²) in [5.74, 6) is -2.19. The first-order valence-electron chi connectivity index (χ1n) is 13.3. The first-order valence-corrected chi connectivity index (χ1v) is 13.3. The molecule has 10 nitrogen and oxygen atoms in total. The summed E-state index contributed by atoms with van der Waals surface area (Å²) in [5, 5.41) is 2.56. The predicted molar refractivity (Wildman–Crippen MR) is 150 cm³/mol. The van der Waals surface area contributed by atoms with Crippen molar-refractivity contribution in [1.29, 1.82) is 0 Å². The molecule has 10 heteroatoms. The van der Waals surface area contributed by atoms with Crippen molar-refractivity contribution in [3.05, 3.63) is 58.9 Å². The van der Waals surface area contributed by atoms with Gasteiger partial charge in [-0.1, -0.05) is 45.1 Å². The number of carbonyl (C=O) groups is 4. The number of rotatable bonds is 4. The van der Waals surface area contributed by atoms with E-state index in [4.69, 9.17) is 24.7 Å². The number of nitrogens with two attached hydrogens (primary N) is 1. The molecule has 0 saturated carbocycles. The van der Waals surface area contributed by atoms with E-state index >= 15 is 0 Å². The highest BCUT2D eigenvalue weighted by atomic mass is 16.6. The maximum atomic E-state index is 13.4. The van der Waals surface area contributed by atoms with Crippen LogP contribution < -0.4 is 11.1 Å². The van der Waals surface area contributed by atoms with E-state index in [9.17, 15) is 19.2 Å². The van der Waals surface area contributed by atoms with E-state index in [0.717, 1.165) is 11.6 Å². The number of ketones is 2. The Kier molecular flexibility index (Phi) is 12.2. The number of fused-ring (bicyclic) bond motifs is 2. The van der Waals surface area contributed by atoms with Gasteiger partial charge in [0, 0.05) is 50.4 Å². The average molecular weight is 559 g/mol. The van der Waals surface area contributed by atoms with Crippen LogP contribution in [0, 0.1) is 17.8 Å². The zero-order chi connectivity index (χ0) is 30.1. The lowest BCUT2D eigenvalue weighted by Gasteiger charge is -2.34. The van der Waals surface area contributed by atoms with Crippen LogP contribution in [-0.4, -0.2) is 69.3 Å². The highest BCUT2D eigenvalue weighted by Gasteiger charge is 2.36. The van der Waals surface area contributed by atoms with Crippen molar-refractivity contribution in [2.24, 2.45) is 23.5 Å². The Balaban J connectivity index is 2.62. The highest BCUT2D eigenvalue weighted by molar-refractivity contribution is 6.22. The molecule has 40 heavy (non-hydrogen) atoms. The summed E-state index contributed by atoms with van der Waals surface area (Å²) in [6.45, 7) is 9.17. The third-order valence-corrected chi connectivity index (χ3v) is 7.29. The molecule has 2 rings (SSSR count). The largest absolute Gasteiger partial charge is 0.441 e. The van der Waals surface area contributed by atoms with Crippen molar-refractivity contribution in [1.82, 2.24) is 5.32 Å². The second-order valence-corrected chi connectivity index (χ2v) is 10.4. The number of amides is 2. The molecule has 0 saturated heterocycles. The van der Waals surface area contributed by atoms with Crippen molar-refractivity contribution < 1.29 is 38.1 Å². The van der Waals surface area contributed by atoms with E-state index in [2.05, 4.69) is 5.32 Å². The van der Waals surface area contributed by atoms with E-state index < -0.39 is 48.0 Å². The van der Waals surface area contributed by atoms with E-state index in [1.165, 1.54) is 13.2 Å². The first kappa shape index (κ1) is 32.9. The molecule has 1 aliphatic heterocycles. The second kappa shape index (κ2) is 14.9. The molecule has 220 valence electrons. The number of hydrogen-bond acceptors (Lipinski definition) is 8. The maximum absolute atomic E-state index is 13.4. The number of ether oxygens (including phenoxy) is 4. The number of hydrogen-bond donors (Lipinski definition) is 2.